The van der Waals surface area contributed by atoms with E-state index in [-0.39, 0.29) is 17.1 Å². The molecule has 2 fully saturated rings. The summed E-state index contributed by atoms with van der Waals surface area (Å²) in [5.41, 5.74) is -1.13. The Balaban J connectivity index is 2.33. The van der Waals surface area contributed by atoms with Crippen molar-refractivity contribution in [3.8, 4) is 0 Å². The van der Waals surface area contributed by atoms with Gasteiger partial charge in [0.1, 0.15) is 0 Å². The van der Waals surface area contributed by atoms with Crippen molar-refractivity contribution in [3.05, 3.63) is 0 Å². The number of carboxylic acid groups (broad SMARTS) is 1. The van der Waals surface area contributed by atoms with Gasteiger partial charge in [0.05, 0.1) is 16.6 Å². The highest BCUT2D eigenvalue weighted by Gasteiger charge is 2.59. The molecule has 3 nitrogen and oxygen atoms in total. The van der Waals surface area contributed by atoms with Crippen LogP contribution in [0.15, 0.2) is 0 Å². The number of hydrogen-bond donors (Lipinski definition) is 1. The fourth-order valence-electron chi connectivity index (χ4n) is 4.41. The number of carbonyl (C=O) groups is 1. The molecule has 110 valence electrons. The van der Waals surface area contributed by atoms with Crippen molar-refractivity contribution in [1.82, 2.24) is 0 Å². The Morgan fingerprint density at radius 3 is 2.05 bits per heavy atom. The first kappa shape index (κ1) is 14.8. The molecule has 1 heterocycles. The van der Waals surface area contributed by atoms with Gasteiger partial charge in [-0.3, -0.25) is 4.79 Å². The van der Waals surface area contributed by atoms with Crippen LogP contribution >= 0.6 is 0 Å². The second-order valence-electron chi connectivity index (χ2n) is 7.87. The highest BCUT2D eigenvalue weighted by atomic mass is 16.5. The topological polar surface area (TPSA) is 46.5 Å². The lowest BCUT2D eigenvalue weighted by Crippen LogP contribution is -2.48. The first-order valence-corrected chi connectivity index (χ1v) is 7.53. The molecule has 0 bridgehead atoms. The molecule has 0 spiro atoms. The van der Waals surface area contributed by atoms with Gasteiger partial charge in [0.25, 0.3) is 0 Å². The van der Waals surface area contributed by atoms with Gasteiger partial charge in [0.15, 0.2) is 0 Å². The SMILES string of the molecule is CC1CCC(C(=O)O)(C2CC(C)(C)OC2(C)C)CC1. The van der Waals surface area contributed by atoms with E-state index in [9.17, 15) is 9.90 Å². The minimum Gasteiger partial charge on any atom is -0.481 e. The second kappa shape index (κ2) is 4.47. The maximum Gasteiger partial charge on any atom is 0.310 e. The maximum atomic E-state index is 12.0. The van der Waals surface area contributed by atoms with E-state index in [1.54, 1.807) is 0 Å². The minimum absolute atomic E-state index is 0.111. The molecular formula is C16H28O3. The van der Waals surface area contributed by atoms with Gasteiger partial charge in [-0.15, -0.1) is 0 Å². The maximum absolute atomic E-state index is 12.0. The van der Waals surface area contributed by atoms with Gasteiger partial charge in [0.2, 0.25) is 0 Å². The molecule has 1 atom stereocenters. The lowest BCUT2D eigenvalue weighted by atomic mass is 9.59. The smallest absolute Gasteiger partial charge is 0.310 e. The average molecular weight is 268 g/mol. The van der Waals surface area contributed by atoms with Crippen molar-refractivity contribution < 1.29 is 14.6 Å². The Morgan fingerprint density at radius 1 is 1.16 bits per heavy atom. The van der Waals surface area contributed by atoms with Crippen molar-refractivity contribution in [2.24, 2.45) is 17.3 Å². The van der Waals surface area contributed by atoms with Gasteiger partial charge in [-0.1, -0.05) is 6.92 Å². The van der Waals surface area contributed by atoms with E-state index in [0.29, 0.717) is 5.92 Å². The van der Waals surface area contributed by atoms with Gasteiger partial charge in [0, 0.05) is 5.92 Å². The summed E-state index contributed by atoms with van der Waals surface area (Å²) in [6, 6.07) is 0. The summed E-state index contributed by atoms with van der Waals surface area (Å²) in [5.74, 6) is 0.157. The van der Waals surface area contributed by atoms with Crippen molar-refractivity contribution in [2.75, 3.05) is 0 Å². The molecule has 1 unspecified atom stereocenters. The van der Waals surface area contributed by atoms with E-state index in [0.717, 1.165) is 32.1 Å². The Bertz CT molecular complexity index is 362. The molecular weight excluding hydrogens is 240 g/mol. The zero-order valence-electron chi connectivity index (χ0n) is 13.0. The summed E-state index contributed by atoms with van der Waals surface area (Å²) in [6.45, 7) is 10.5. The van der Waals surface area contributed by atoms with Gasteiger partial charge in [-0.05, 0) is 65.7 Å². The molecule has 0 radical (unpaired) electrons. The molecule has 1 N–H and O–H groups in total. The van der Waals surface area contributed by atoms with Crippen LogP contribution in [-0.4, -0.2) is 22.3 Å². The number of hydrogen-bond acceptors (Lipinski definition) is 2. The summed E-state index contributed by atoms with van der Waals surface area (Å²) >= 11 is 0. The molecule has 0 aromatic carbocycles. The summed E-state index contributed by atoms with van der Waals surface area (Å²) in [5, 5.41) is 9.88. The second-order valence-corrected chi connectivity index (χ2v) is 7.87. The van der Waals surface area contributed by atoms with Crippen LogP contribution in [0.4, 0.5) is 0 Å². The molecule has 0 aromatic rings. The molecule has 1 aliphatic heterocycles. The van der Waals surface area contributed by atoms with Crippen molar-refractivity contribution in [1.29, 1.82) is 0 Å². The van der Waals surface area contributed by atoms with Crippen LogP contribution in [0.1, 0.15) is 66.7 Å². The van der Waals surface area contributed by atoms with E-state index in [1.165, 1.54) is 0 Å². The monoisotopic (exact) mass is 268 g/mol. The molecule has 0 amide bonds. The van der Waals surface area contributed by atoms with Crippen LogP contribution in [0.2, 0.25) is 0 Å². The Hall–Kier alpha value is -0.570. The van der Waals surface area contributed by atoms with Gasteiger partial charge in [-0.25, -0.2) is 0 Å². The minimum atomic E-state index is -0.612. The highest BCUT2D eigenvalue weighted by molar-refractivity contribution is 5.75. The zero-order valence-corrected chi connectivity index (χ0v) is 13.0. The number of ether oxygens (including phenoxy) is 1. The molecule has 19 heavy (non-hydrogen) atoms. The summed E-state index contributed by atoms with van der Waals surface area (Å²) in [7, 11) is 0. The van der Waals surface area contributed by atoms with Crippen LogP contribution in [0.5, 0.6) is 0 Å². The number of carboxylic acids is 1. The average Bonchev–Trinajstić information content (AvgIpc) is 2.48. The van der Waals surface area contributed by atoms with Crippen molar-refractivity contribution >= 4 is 5.97 Å². The predicted octanol–water partition coefficient (Wildman–Crippen LogP) is 3.86. The van der Waals surface area contributed by atoms with E-state index < -0.39 is 11.4 Å². The summed E-state index contributed by atoms with van der Waals surface area (Å²) in [4.78, 5) is 12.0. The van der Waals surface area contributed by atoms with Crippen LogP contribution in [0.3, 0.4) is 0 Å². The van der Waals surface area contributed by atoms with Crippen LogP contribution in [0, 0.1) is 17.3 Å². The van der Waals surface area contributed by atoms with E-state index >= 15 is 0 Å². The normalized spacial score (nSPS) is 41.1. The fraction of sp³-hybridized carbons (Fsp3) is 0.938. The van der Waals surface area contributed by atoms with E-state index in [2.05, 4.69) is 34.6 Å². The third kappa shape index (κ3) is 2.54. The molecule has 1 saturated heterocycles. The van der Waals surface area contributed by atoms with Gasteiger partial charge >= 0.3 is 5.97 Å². The third-order valence-electron chi connectivity index (χ3n) is 5.33. The van der Waals surface area contributed by atoms with Crippen molar-refractivity contribution in [2.45, 2.75) is 77.9 Å². The first-order chi connectivity index (χ1) is 8.59. The molecule has 0 aromatic heterocycles. The molecule has 1 aliphatic carbocycles. The summed E-state index contributed by atoms with van der Waals surface area (Å²) < 4.78 is 6.14. The van der Waals surface area contributed by atoms with Gasteiger partial charge < -0.3 is 9.84 Å². The van der Waals surface area contributed by atoms with Crippen LogP contribution in [-0.2, 0) is 9.53 Å². The van der Waals surface area contributed by atoms with Gasteiger partial charge in [-0.2, -0.15) is 0 Å². The standard InChI is InChI=1S/C16H28O3/c1-11-6-8-16(9-7-11,13(17)18)12-10-14(2,3)19-15(12,4)5/h11-12H,6-10H2,1-5H3,(H,17,18). The Kier molecular flexibility index (Phi) is 3.49. The fourth-order valence-corrected chi connectivity index (χ4v) is 4.41. The number of aliphatic carboxylic acids is 1. The van der Waals surface area contributed by atoms with Crippen LogP contribution in [0.25, 0.3) is 0 Å². The Morgan fingerprint density at radius 2 is 1.68 bits per heavy atom. The lowest BCUT2D eigenvalue weighted by Gasteiger charge is -2.44. The third-order valence-corrected chi connectivity index (χ3v) is 5.33. The molecule has 3 heteroatoms. The highest BCUT2D eigenvalue weighted by Crippen LogP contribution is 2.56. The van der Waals surface area contributed by atoms with E-state index in [1.807, 2.05) is 0 Å². The van der Waals surface area contributed by atoms with E-state index in [4.69, 9.17) is 4.74 Å². The molecule has 2 rings (SSSR count). The summed E-state index contributed by atoms with van der Waals surface area (Å²) in [6.07, 6.45) is 4.51. The van der Waals surface area contributed by atoms with Crippen molar-refractivity contribution in [3.63, 3.8) is 0 Å². The predicted molar refractivity (Wildman–Crippen MR) is 75.1 cm³/mol. The largest absolute Gasteiger partial charge is 0.481 e. The number of rotatable bonds is 2. The lowest BCUT2D eigenvalue weighted by molar-refractivity contribution is -0.163. The first-order valence-electron chi connectivity index (χ1n) is 7.53. The quantitative estimate of drug-likeness (QED) is 0.827. The van der Waals surface area contributed by atoms with Crippen LogP contribution < -0.4 is 0 Å². The molecule has 2 aliphatic rings. The Labute approximate surface area is 116 Å². The molecule has 1 saturated carbocycles. The zero-order chi connectivity index (χ0) is 14.5.